The Bertz CT molecular complexity index is 619. The molecule has 8 nitrogen and oxygen atoms in total. The fourth-order valence-electron chi connectivity index (χ4n) is 1.23. The lowest BCUT2D eigenvalue weighted by Gasteiger charge is -1.94. The molecule has 0 heterocycles. The molecule has 8 heteroatoms. The minimum atomic E-state index is -1.19. The molecule has 25 heavy (non-hydrogen) atoms. The molecular weight excluding hydrogens is 332 g/mol. The Kier molecular flexibility index (Phi) is 10.6. The number of aromatic carboxylic acids is 2. The Labute approximate surface area is 143 Å². The predicted molar refractivity (Wildman–Crippen MR) is 87.6 cm³/mol. The van der Waals surface area contributed by atoms with E-state index < -0.39 is 24.6 Å². The van der Waals surface area contributed by atoms with Crippen molar-refractivity contribution in [3.63, 3.8) is 0 Å². The van der Waals surface area contributed by atoms with Crippen molar-refractivity contribution < 1.29 is 39.9 Å². The van der Waals surface area contributed by atoms with Crippen molar-refractivity contribution in [1.82, 2.24) is 0 Å². The van der Waals surface area contributed by atoms with E-state index in [-0.39, 0.29) is 17.4 Å². The average Bonchev–Trinajstić information content (AvgIpc) is 2.62. The first-order valence-corrected chi connectivity index (χ1v) is 6.86. The fraction of sp³-hybridized carbons (Fsp3) is 0.118. The molecule has 5 N–H and O–H groups in total. The molecule has 2 aromatic rings. The van der Waals surface area contributed by atoms with Gasteiger partial charge >= 0.3 is 11.9 Å². The van der Waals surface area contributed by atoms with Gasteiger partial charge in [0.2, 0.25) is 0 Å². The van der Waals surface area contributed by atoms with Gasteiger partial charge < -0.3 is 30.3 Å². The average molecular weight is 350 g/mol. The Morgan fingerprint density at radius 2 is 1.28 bits per heavy atom. The van der Waals surface area contributed by atoms with Crippen LogP contribution in [-0.2, 0) is 4.79 Å². The van der Waals surface area contributed by atoms with Crippen LogP contribution in [0.15, 0.2) is 54.6 Å². The second kappa shape index (κ2) is 12.2. The number of carbonyl (C=O) groups is 3. The highest BCUT2D eigenvalue weighted by Gasteiger charge is 2.04. The lowest BCUT2D eigenvalue weighted by molar-refractivity contribution is -0.116. The summed E-state index contributed by atoms with van der Waals surface area (Å²) in [5.74, 6) is -1.80. The third-order valence-corrected chi connectivity index (χ3v) is 2.48. The first-order valence-electron chi connectivity index (χ1n) is 6.86. The maximum absolute atomic E-state index is 10.3. The van der Waals surface area contributed by atoms with E-state index in [9.17, 15) is 14.4 Å². The van der Waals surface area contributed by atoms with E-state index in [1.807, 2.05) is 6.07 Å². The van der Waals surface area contributed by atoms with Gasteiger partial charge in [0.15, 0.2) is 6.29 Å². The Balaban J connectivity index is 0.000000378. The first kappa shape index (κ1) is 21.8. The molecule has 2 rings (SSSR count). The number of rotatable bonds is 4. The van der Waals surface area contributed by atoms with Gasteiger partial charge in [0, 0.05) is 0 Å². The largest absolute Gasteiger partial charge is 0.508 e. The van der Waals surface area contributed by atoms with E-state index in [2.05, 4.69) is 0 Å². The molecule has 0 fully saturated rings. The Hall–Kier alpha value is -3.23. The van der Waals surface area contributed by atoms with Gasteiger partial charge in [-0.2, -0.15) is 0 Å². The standard InChI is InChI=1S/C8H6O4.C6H6O.C3H6O3/c9-7(10)5-1-2-6(4-3-5)8(11)12;7-6-4-2-1-3-5-6;4-1-3(6)2-5/h1-4H,(H,9,10)(H,11,12);1-5,7H;1,3,5-6H,2H2. The van der Waals surface area contributed by atoms with Crippen molar-refractivity contribution in [3.8, 4) is 5.75 Å². The molecule has 0 radical (unpaired) electrons. The molecule has 1 unspecified atom stereocenters. The fourth-order valence-corrected chi connectivity index (χ4v) is 1.23. The number of aliphatic hydroxyl groups excluding tert-OH is 2. The van der Waals surface area contributed by atoms with Crippen LogP contribution in [0.2, 0.25) is 0 Å². The van der Waals surface area contributed by atoms with Gasteiger partial charge in [-0.3, -0.25) is 0 Å². The molecule has 0 aliphatic rings. The second-order valence-corrected chi connectivity index (χ2v) is 4.41. The summed E-state index contributed by atoms with van der Waals surface area (Å²) in [6.45, 7) is -0.483. The van der Waals surface area contributed by atoms with Gasteiger partial charge in [-0.05, 0) is 36.4 Å². The van der Waals surface area contributed by atoms with E-state index in [0.717, 1.165) is 0 Å². The number of carbonyl (C=O) groups excluding carboxylic acids is 1. The maximum Gasteiger partial charge on any atom is 0.335 e. The summed E-state index contributed by atoms with van der Waals surface area (Å²) in [5.41, 5.74) is 0.167. The van der Waals surface area contributed by atoms with Crippen molar-refractivity contribution in [2.75, 3.05) is 6.61 Å². The Morgan fingerprint density at radius 1 is 0.880 bits per heavy atom. The number of para-hydroxylation sites is 1. The molecule has 1 atom stereocenters. The zero-order valence-electron chi connectivity index (χ0n) is 13.0. The highest BCUT2D eigenvalue weighted by molar-refractivity contribution is 5.91. The summed E-state index contributed by atoms with van der Waals surface area (Å²) in [7, 11) is 0. The molecule has 0 saturated carbocycles. The quantitative estimate of drug-likeness (QED) is 0.512. The van der Waals surface area contributed by atoms with Crippen LogP contribution in [-0.4, -0.2) is 56.5 Å². The number of carboxylic acid groups (broad SMARTS) is 2. The number of phenolic OH excluding ortho intramolecular Hbond substituents is 1. The van der Waals surface area contributed by atoms with Crippen LogP contribution in [0.3, 0.4) is 0 Å². The summed E-state index contributed by atoms with van der Waals surface area (Å²) in [4.78, 5) is 30.0. The van der Waals surface area contributed by atoms with Crippen molar-refractivity contribution >= 4 is 18.2 Å². The van der Waals surface area contributed by atoms with Crippen LogP contribution < -0.4 is 0 Å². The third kappa shape index (κ3) is 10.2. The number of aldehydes is 1. The van der Waals surface area contributed by atoms with E-state index in [0.29, 0.717) is 5.75 Å². The minimum absolute atomic E-state index is 0.0833. The normalized spacial score (nSPS) is 10.2. The second-order valence-electron chi connectivity index (χ2n) is 4.41. The van der Waals surface area contributed by atoms with Crippen molar-refractivity contribution in [1.29, 1.82) is 0 Å². The van der Waals surface area contributed by atoms with Crippen molar-refractivity contribution in [2.45, 2.75) is 6.10 Å². The van der Waals surface area contributed by atoms with E-state index in [1.54, 1.807) is 24.3 Å². The summed E-state index contributed by atoms with van der Waals surface area (Å²) >= 11 is 0. The van der Waals surface area contributed by atoms with E-state index >= 15 is 0 Å². The monoisotopic (exact) mass is 350 g/mol. The molecule has 2 aromatic carbocycles. The van der Waals surface area contributed by atoms with Crippen LogP contribution >= 0.6 is 0 Å². The van der Waals surface area contributed by atoms with Crippen LogP contribution in [0.25, 0.3) is 0 Å². The molecule has 0 aliphatic carbocycles. The first-order chi connectivity index (χ1) is 11.8. The molecule has 0 spiro atoms. The lowest BCUT2D eigenvalue weighted by Crippen LogP contribution is -2.12. The van der Waals surface area contributed by atoms with Crippen LogP contribution in [0.4, 0.5) is 0 Å². The zero-order chi connectivity index (χ0) is 19.2. The van der Waals surface area contributed by atoms with Crippen LogP contribution in [0.5, 0.6) is 5.75 Å². The molecule has 134 valence electrons. The number of hydrogen-bond donors (Lipinski definition) is 5. The highest BCUT2D eigenvalue weighted by Crippen LogP contribution is 2.04. The Morgan fingerprint density at radius 3 is 1.44 bits per heavy atom. The predicted octanol–water partition coefficient (Wildman–Crippen LogP) is 1.01. The number of aromatic hydroxyl groups is 1. The van der Waals surface area contributed by atoms with Gasteiger partial charge in [0.05, 0.1) is 17.7 Å². The topological polar surface area (TPSA) is 152 Å². The van der Waals surface area contributed by atoms with Crippen molar-refractivity contribution in [3.05, 3.63) is 65.7 Å². The van der Waals surface area contributed by atoms with Crippen LogP contribution in [0.1, 0.15) is 20.7 Å². The van der Waals surface area contributed by atoms with Gasteiger partial charge in [-0.1, -0.05) is 18.2 Å². The molecular formula is C17H18O8. The van der Waals surface area contributed by atoms with E-state index in [1.165, 1.54) is 24.3 Å². The van der Waals surface area contributed by atoms with Gasteiger partial charge in [0.25, 0.3) is 0 Å². The molecule has 0 amide bonds. The number of phenols is 1. The van der Waals surface area contributed by atoms with Gasteiger partial charge in [-0.25, -0.2) is 9.59 Å². The third-order valence-electron chi connectivity index (χ3n) is 2.48. The molecule has 0 aromatic heterocycles. The summed E-state index contributed by atoms with van der Waals surface area (Å²) in [5, 5.41) is 41.5. The lowest BCUT2D eigenvalue weighted by atomic mass is 10.1. The highest BCUT2D eigenvalue weighted by atomic mass is 16.4. The number of carboxylic acids is 2. The summed E-state index contributed by atoms with van der Waals surface area (Å²) in [6, 6.07) is 13.7. The van der Waals surface area contributed by atoms with Crippen LogP contribution in [0, 0.1) is 0 Å². The number of hydrogen-bond acceptors (Lipinski definition) is 6. The SMILES string of the molecule is O=C(O)c1ccc(C(=O)O)cc1.O=CC(O)CO.Oc1ccccc1. The summed E-state index contributed by atoms with van der Waals surface area (Å²) < 4.78 is 0. The molecule has 0 aliphatic heterocycles. The smallest absolute Gasteiger partial charge is 0.335 e. The van der Waals surface area contributed by atoms with Gasteiger partial charge in [-0.15, -0.1) is 0 Å². The molecule has 0 saturated heterocycles. The van der Waals surface area contributed by atoms with Crippen molar-refractivity contribution in [2.24, 2.45) is 0 Å². The van der Waals surface area contributed by atoms with E-state index in [4.69, 9.17) is 25.5 Å². The number of benzene rings is 2. The van der Waals surface area contributed by atoms with Gasteiger partial charge in [0.1, 0.15) is 11.9 Å². The zero-order valence-corrected chi connectivity index (χ0v) is 13.0. The summed E-state index contributed by atoms with van der Waals surface area (Å²) in [6.07, 6.45) is -0.912. The number of aliphatic hydroxyl groups is 2. The molecule has 0 bridgehead atoms. The maximum atomic E-state index is 10.3. The minimum Gasteiger partial charge on any atom is -0.508 e.